The predicted octanol–water partition coefficient (Wildman–Crippen LogP) is 2.76. The molecule has 3 aromatic rings. The molecule has 164 valence electrons. The van der Waals surface area contributed by atoms with Crippen molar-refractivity contribution < 1.29 is 32.7 Å². The maximum atomic E-state index is 14.7. The Morgan fingerprint density at radius 1 is 1.13 bits per heavy atom. The van der Waals surface area contributed by atoms with Crippen LogP contribution in [-0.4, -0.2) is 51.1 Å². The minimum absolute atomic E-state index is 0. The number of hydrogen-bond acceptors (Lipinski definition) is 5. The molecule has 0 unspecified atom stereocenters. The van der Waals surface area contributed by atoms with Crippen LogP contribution in [0.1, 0.15) is 13.3 Å². The van der Waals surface area contributed by atoms with Gasteiger partial charge in [0, 0.05) is 11.8 Å². The van der Waals surface area contributed by atoms with E-state index in [2.05, 4.69) is 4.52 Å². The summed E-state index contributed by atoms with van der Waals surface area (Å²) >= 11 is 0. The molecular weight excluding hydrogens is 440 g/mol. The molecule has 0 atom stereocenters. The number of ether oxygens (including phenoxy) is 2. The van der Waals surface area contributed by atoms with Crippen LogP contribution >= 0.6 is 7.82 Å². The second-order valence-electron chi connectivity index (χ2n) is 6.44. The number of phosphoric ester groups is 1. The van der Waals surface area contributed by atoms with Gasteiger partial charge in [-0.3, -0.25) is 9.32 Å². The molecule has 8 nitrogen and oxygen atoms in total. The van der Waals surface area contributed by atoms with Gasteiger partial charge in [-0.2, -0.15) is 0 Å². The number of fused-ring (bicyclic) bond motifs is 1. The Labute approximate surface area is 194 Å². The number of halogens is 1. The van der Waals surface area contributed by atoms with Crippen LogP contribution in [0.15, 0.2) is 47.4 Å². The molecule has 2 aromatic carbocycles. The zero-order chi connectivity index (χ0) is 21.9. The molecule has 31 heavy (non-hydrogen) atoms. The van der Waals surface area contributed by atoms with Crippen molar-refractivity contribution in [3.8, 4) is 22.6 Å². The van der Waals surface area contributed by atoms with Gasteiger partial charge in [-0.05, 0) is 36.2 Å². The summed E-state index contributed by atoms with van der Waals surface area (Å²) in [5.74, 6) is 0.00575. The Kier molecular flexibility index (Phi) is 8.64. The van der Waals surface area contributed by atoms with Crippen molar-refractivity contribution in [1.29, 1.82) is 0 Å². The number of methoxy groups -OCH3 is 1. The molecule has 0 aliphatic carbocycles. The standard InChI is InChI=1S/C20H21FNO7P.Mg.2H/c1-3-10-28-17-9-8-16(21)18-19(17)22(12-29-30(24,25)26)11-15(20(18)23)13-4-6-14(27-2)7-5-13;;;/h4-9,11H,3,10,12H2,1-2H3,(H2,24,25,26);;;. The third-order valence-corrected chi connectivity index (χ3v) is 4.81. The Balaban J connectivity index is 0.00000341. The topological polar surface area (TPSA) is 107 Å². The number of pyridine rings is 1. The molecule has 1 aromatic heterocycles. The van der Waals surface area contributed by atoms with E-state index in [-0.39, 0.29) is 45.3 Å². The maximum absolute atomic E-state index is 14.7. The van der Waals surface area contributed by atoms with E-state index in [1.54, 1.807) is 24.3 Å². The first-order valence-electron chi connectivity index (χ1n) is 9.08. The normalized spacial score (nSPS) is 11.3. The van der Waals surface area contributed by atoms with E-state index in [0.717, 1.165) is 6.07 Å². The fourth-order valence-corrected chi connectivity index (χ4v) is 3.28. The summed E-state index contributed by atoms with van der Waals surface area (Å²) in [6.45, 7) is 1.59. The van der Waals surface area contributed by atoms with E-state index >= 15 is 0 Å². The Hall–Kier alpha value is -1.94. The Morgan fingerprint density at radius 2 is 1.81 bits per heavy atom. The van der Waals surface area contributed by atoms with Gasteiger partial charge >= 0.3 is 30.9 Å². The summed E-state index contributed by atoms with van der Waals surface area (Å²) in [5, 5.41) is -0.258. The van der Waals surface area contributed by atoms with Crippen LogP contribution in [0, 0.1) is 5.82 Å². The molecule has 1 heterocycles. The van der Waals surface area contributed by atoms with Crippen molar-refractivity contribution in [2.24, 2.45) is 0 Å². The van der Waals surface area contributed by atoms with E-state index in [9.17, 15) is 13.8 Å². The van der Waals surface area contributed by atoms with Crippen LogP contribution < -0.4 is 14.9 Å². The Bertz CT molecular complexity index is 1160. The third-order valence-electron chi connectivity index (χ3n) is 4.36. The lowest BCUT2D eigenvalue weighted by molar-refractivity contribution is 0.155. The minimum Gasteiger partial charge on any atom is -0.497 e. The highest BCUT2D eigenvalue weighted by atomic mass is 31.2. The fraction of sp³-hybridized carbons (Fsp3) is 0.250. The lowest BCUT2D eigenvalue weighted by atomic mass is 10.0. The van der Waals surface area contributed by atoms with Crippen LogP contribution in [0.2, 0.25) is 0 Å². The first-order valence-corrected chi connectivity index (χ1v) is 10.6. The van der Waals surface area contributed by atoms with Crippen LogP contribution in [0.5, 0.6) is 11.5 Å². The quantitative estimate of drug-likeness (QED) is 0.391. The first-order chi connectivity index (χ1) is 14.2. The van der Waals surface area contributed by atoms with Gasteiger partial charge < -0.3 is 23.8 Å². The van der Waals surface area contributed by atoms with Gasteiger partial charge in [0.25, 0.3) is 0 Å². The Morgan fingerprint density at radius 3 is 2.39 bits per heavy atom. The number of aromatic nitrogens is 1. The van der Waals surface area contributed by atoms with Gasteiger partial charge in [-0.1, -0.05) is 19.1 Å². The molecule has 0 spiro atoms. The lowest BCUT2D eigenvalue weighted by Crippen LogP contribution is -2.16. The molecule has 2 N–H and O–H groups in total. The van der Waals surface area contributed by atoms with Crippen molar-refractivity contribution in [2.45, 2.75) is 20.1 Å². The second kappa shape index (κ2) is 10.6. The van der Waals surface area contributed by atoms with Gasteiger partial charge in [0.1, 0.15) is 24.0 Å². The molecule has 0 aliphatic rings. The fourth-order valence-electron chi connectivity index (χ4n) is 3.01. The van der Waals surface area contributed by atoms with Gasteiger partial charge in [0.05, 0.1) is 24.6 Å². The number of rotatable bonds is 8. The average molecular weight is 464 g/mol. The number of phosphoric acid groups is 1. The van der Waals surface area contributed by atoms with Crippen LogP contribution in [0.25, 0.3) is 22.0 Å². The molecule has 3 rings (SSSR count). The maximum Gasteiger partial charge on any atom is 0.471 e. The monoisotopic (exact) mass is 463 g/mol. The van der Waals surface area contributed by atoms with Gasteiger partial charge in [0.2, 0.25) is 0 Å². The van der Waals surface area contributed by atoms with E-state index in [4.69, 9.17) is 19.3 Å². The molecule has 0 aliphatic heterocycles. The smallest absolute Gasteiger partial charge is 0.471 e. The second-order valence-corrected chi connectivity index (χ2v) is 7.68. The highest BCUT2D eigenvalue weighted by molar-refractivity contribution is 7.46. The molecule has 0 fully saturated rings. The molecule has 0 radical (unpaired) electrons. The summed E-state index contributed by atoms with van der Waals surface area (Å²) in [4.78, 5) is 31.4. The molecule has 0 amide bonds. The van der Waals surface area contributed by atoms with E-state index in [1.807, 2.05) is 6.92 Å². The van der Waals surface area contributed by atoms with E-state index in [0.29, 0.717) is 24.3 Å². The van der Waals surface area contributed by atoms with E-state index < -0.39 is 25.8 Å². The molecule has 0 bridgehead atoms. The summed E-state index contributed by atoms with van der Waals surface area (Å²) in [7, 11) is -3.31. The van der Waals surface area contributed by atoms with Gasteiger partial charge in [-0.15, -0.1) is 0 Å². The SMILES string of the molecule is CCCOc1ccc(F)c2c(=O)c(-c3ccc(OC)cc3)cn(COP(=O)(O)O)c12.[MgH2]. The van der Waals surface area contributed by atoms with Crippen molar-refractivity contribution in [2.75, 3.05) is 13.7 Å². The largest absolute Gasteiger partial charge is 0.497 e. The van der Waals surface area contributed by atoms with Crippen molar-refractivity contribution in [3.05, 3.63) is 58.6 Å². The minimum atomic E-state index is -4.82. The van der Waals surface area contributed by atoms with Crippen molar-refractivity contribution in [3.63, 3.8) is 0 Å². The zero-order valence-electron chi connectivity index (χ0n) is 16.4. The summed E-state index contributed by atoms with van der Waals surface area (Å²) < 4.78 is 42.6. The number of hydrogen-bond donors (Lipinski definition) is 2. The summed E-state index contributed by atoms with van der Waals surface area (Å²) in [6.07, 6.45) is 2.03. The highest BCUT2D eigenvalue weighted by Crippen LogP contribution is 2.37. The molecule has 0 saturated heterocycles. The summed E-state index contributed by atoms with van der Waals surface area (Å²) in [6, 6.07) is 9.05. The first kappa shape index (κ1) is 25.3. The molecular formula is C20H23FMgNO7P. The number of nitrogens with zero attached hydrogens (tertiary/aromatic N) is 1. The van der Waals surface area contributed by atoms with Gasteiger partial charge in [-0.25, -0.2) is 8.96 Å². The van der Waals surface area contributed by atoms with Crippen molar-refractivity contribution >= 4 is 41.8 Å². The van der Waals surface area contributed by atoms with Gasteiger partial charge in [0.15, 0.2) is 5.43 Å². The van der Waals surface area contributed by atoms with Crippen LogP contribution in [0.3, 0.4) is 0 Å². The highest BCUT2D eigenvalue weighted by Gasteiger charge is 2.21. The zero-order valence-corrected chi connectivity index (χ0v) is 17.3. The average Bonchev–Trinajstić information content (AvgIpc) is 2.72. The van der Waals surface area contributed by atoms with Crippen LogP contribution in [0.4, 0.5) is 4.39 Å². The summed E-state index contributed by atoms with van der Waals surface area (Å²) in [5.41, 5.74) is 0.0825. The molecule has 0 saturated carbocycles. The van der Waals surface area contributed by atoms with E-state index in [1.165, 1.54) is 23.9 Å². The van der Waals surface area contributed by atoms with Crippen LogP contribution in [-0.2, 0) is 15.8 Å². The molecule has 11 heteroatoms. The predicted molar refractivity (Wildman–Crippen MR) is 118 cm³/mol. The third kappa shape index (κ3) is 5.85. The number of benzene rings is 2. The lowest BCUT2D eigenvalue weighted by Gasteiger charge is -2.18. The van der Waals surface area contributed by atoms with Crippen molar-refractivity contribution in [1.82, 2.24) is 4.57 Å².